The zero-order valence-electron chi connectivity index (χ0n) is 11.6. The van der Waals surface area contributed by atoms with Gasteiger partial charge in [0.1, 0.15) is 5.75 Å². The van der Waals surface area contributed by atoms with Crippen molar-refractivity contribution >= 4 is 5.91 Å². The molecule has 1 fully saturated rings. The fraction of sp³-hybridized carbons (Fsp3) is 0.533. The van der Waals surface area contributed by atoms with Crippen molar-refractivity contribution in [2.24, 2.45) is 5.92 Å². The summed E-state index contributed by atoms with van der Waals surface area (Å²) in [7, 11) is 1.62. The number of aliphatic hydroxyl groups excluding tert-OH is 1. The number of piperidine rings is 1. The number of amides is 1. The molecule has 1 atom stereocenters. The molecule has 1 aliphatic heterocycles. The fourth-order valence-electron chi connectivity index (χ4n) is 2.57. The van der Waals surface area contributed by atoms with Crippen LogP contribution >= 0.6 is 0 Å². The number of hydrogen-bond acceptors (Lipinski definition) is 3. The molecule has 1 N–H and O–H groups in total. The molecule has 1 saturated heterocycles. The number of hydrogen-bond donors (Lipinski definition) is 1. The van der Waals surface area contributed by atoms with Gasteiger partial charge < -0.3 is 14.7 Å². The van der Waals surface area contributed by atoms with E-state index in [9.17, 15) is 9.90 Å². The highest BCUT2D eigenvalue weighted by Gasteiger charge is 2.24. The minimum Gasteiger partial charge on any atom is -0.497 e. The summed E-state index contributed by atoms with van der Waals surface area (Å²) in [5, 5.41) is 9.23. The quantitative estimate of drug-likeness (QED) is 0.905. The summed E-state index contributed by atoms with van der Waals surface area (Å²) in [5.74, 6) is 1.04. The Bertz CT molecular complexity index is 459. The van der Waals surface area contributed by atoms with Gasteiger partial charge in [-0.2, -0.15) is 0 Å². The van der Waals surface area contributed by atoms with Crippen LogP contribution in [-0.4, -0.2) is 42.7 Å². The topological polar surface area (TPSA) is 49.8 Å². The van der Waals surface area contributed by atoms with Crippen LogP contribution in [0.5, 0.6) is 5.75 Å². The molecular formula is C15H21NO3. The summed E-state index contributed by atoms with van der Waals surface area (Å²) in [5.41, 5.74) is 1.65. The van der Waals surface area contributed by atoms with Crippen molar-refractivity contribution in [1.82, 2.24) is 4.90 Å². The standard InChI is InChI=1S/C15H21NO3/c1-11-8-13(19-2)5-6-14(11)15(18)16-7-3-4-12(9-16)10-17/h5-6,8,12,17H,3-4,7,9-10H2,1-2H3. The summed E-state index contributed by atoms with van der Waals surface area (Å²) in [6.45, 7) is 3.51. The Kier molecular flexibility index (Phi) is 4.43. The first-order valence-corrected chi connectivity index (χ1v) is 6.70. The summed E-state index contributed by atoms with van der Waals surface area (Å²) in [6, 6.07) is 5.51. The molecular weight excluding hydrogens is 242 g/mol. The molecule has 1 unspecified atom stereocenters. The molecule has 1 aromatic rings. The molecule has 1 aliphatic rings. The van der Waals surface area contributed by atoms with Gasteiger partial charge in [-0.15, -0.1) is 0 Å². The zero-order valence-corrected chi connectivity index (χ0v) is 11.6. The number of benzene rings is 1. The van der Waals surface area contributed by atoms with Crippen LogP contribution < -0.4 is 4.74 Å². The highest BCUT2D eigenvalue weighted by atomic mass is 16.5. The molecule has 0 spiro atoms. The molecule has 1 heterocycles. The normalized spacial score (nSPS) is 19.3. The molecule has 0 aliphatic carbocycles. The number of nitrogens with zero attached hydrogens (tertiary/aromatic N) is 1. The van der Waals surface area contributed by atoms with Crippen LogP contribution in [0.1, 0.15) is 28.8 Å². The van der Waals surface area contributed by atoms with Crippen LogP contribution in [-0.2, 0) is 0 Å². The number of aliphatic hydroxyl groups is 1. The molecule has 0 radical (unpaired) electrons. The maximum absolute atomic E-state index is 12.5. The molecule has 19 heavy (non-hydrogen) atoms. The minimum absolute atomic E-state index is 0.0540. The molecule has 0 saturated carbocycles. The van der Waals surface area contributed by atoms with Gasteiger partial charge >= 0.3 is 0 Å². The summed E-state index contributed by atoms with van der Waals surface area (Å²) in [6.07, 6.45) is 1.97. The minimum atomic E-state index is 0.0540. The van der Waals surface area contributed by atoms with E-state index in [1.54, 1.807) is 7.11 Å². The predicted octanol–water partition coefficient (Wildman–Crippen LogP) is 1.85. The van der Waals surface area contributed by atoms with Crippen LogP contribution in [0.3, 0.4) is 0 Å². The van der Waals surface area contributed by atoms with Crippen LogP contribution in [0, 0.1) is 12.8 Å². The third-order valence-electron chi connectivity index (χ3n) is 3.73. The number of aryl methyl sites for hydroxylation is 1. The van der Waals surface area contributed by atoms with E-state index >= 15 is 0 Å². The SMILES string of the molecule is COc1ccc(C(=O)N2CCCC(CO)C2)c(C)c1. The lowest BCUT2D eigenvalue weighted by Gasteiger charge is -2.32. The Hall–Kier alpha value is -1.55. The third-order valence-corrected chi connectivity index (χ3v) is 3.73. The lowest BCUT2D eigenvalue weighted by Crippen LogP contribution is -2.41. The summed E-state index contributed by atoms with van der Waals surface area (Å²) < 4.78 is 5.15. The Morgan fingerprint density at radius 3 is 2.95 bits per heavy atom. The van der Waals surface area contributed by atoms with E-state index in [1.807, 2.05) is 30.0 Å². The van der Waals surface area contributed by atoms with Crippen molar-refractivity contribution < 1.29 is 14.6 Å². The first-order valence-electron chi connectivity index (χ1n) is 6.70. The van der Waals surface area contributed by atoms with Gasteiger partial charge in [-0.3, -0.25) is 4.79 Å². The number of carbonyl (C=O) groups excluding carboxylic acids is 1. The van der Waals surface area contributed by atoms with E-state index in [0.29, 0.717) is 6.54 Å². The van der Waals surface area contributed by atoms with Crippen molar-refractivity contribution in [3.63, 3.8) is 0 Å². The van der Waals surface area contributed by atoms with Gasteiger partial charge in [0.15, 0.2) is 0 Å². The number of methoxy groups -OCH3 is 1. The van der Waals surface area contributed by atoms with Gasteiger partial charge in [0.2, 0.25) is 0 Å². The second kappa shape index (κ2) is 6.06. The Morgan fingerprint density at radius 1 is 1.53 bits per heavy atom. The van der Waals surface area contributed by atoms with Crippen LogP contribution in [0.15, 0.2) is 18.2 Å². The van der Waals surface area contributed by atoms with E-state index in [4.69, 9.17) is 4.74 Å². The highest BCUT2D eigenvalue weighted by molar-refractivity contribution is 5.95. The van der Waals surface area contributed by atoms with Crippen molar-refractivity contribution in [1.29, 1.82) is 0 Å². The summed E-state index contributed by atoms with van der Waals surface area (Å²) >= 11 is 0. The first-order chi connectivity index (χ1) is 9.15. The monoisotopic (exact) mass is 263 g/mol. The molecule has 1 amide bonds. The van der Waals surface area contributed by atoms with E-state index in [2.05, 4.69) is 0 Å². The molecule has 4 heteroatoms. The van der Waals surface area contributed by atoms with Gasteiger partial charge in [-0.25, -0.2) is 0 Å². The third kappa shape index (κ3) is 3.07. The van der Waals surface area contributed by atoms with Crippen LogP contribution in [0.2, 0.25) is 0 Å². The first kappa shape index (κ1) is 13.9. The average Bonchev–Trinajstić information content (AvgIpc) is 2.46. The Balaban J connectivity index is 2.15. The van der Waals surface area contributed by atoms with Crippen molar-refractivity contribution in [2.75, 3.05) is 26.8 Å². The maximum atomic E-state index is 12.5. The fourth-order valence-corrected chi connectivity index (χ4v) is 2.57. The molecule has 2 rings (SSSR count). The Labute approximate surface area is 114 Å². The summed E-state index contributed by atoms with van der Waals surface area (Å²) in [4.78, 5) is 14.3. The number of carbonyl (C=O) groups is 1. The van der Waals surface area contributed by atoms with Gasteiger partial charge in [0.05, 0.1) is 7.11 Å². The van der Waals surface area contributed by atoms with E-state index in [-0.39, 0.29) is 18.4 Å². The number of rotatable bonds is 3. The van der Waals surface area contributed by atoms with Gasteiger partial charge in [0.25, 0.3) is 5.91 Å². The van der Waals surface area contributed by atoms with Gasteiger partial charge in [-0.1, -0.05) is 0 Å². The predicted molar refractivity (Wildman–Crippen MR) is 73.4 cm³/mol. The second-order valence-electron chi connectivity index (χ2n) is 5.12. The number of likely N-dealkylation sites (tertiary alicyclic amines) is 1. The van der Waals surface area contributed by atoms with Gasteiger partial charge in [-0.05, 0) is 49.4 Å². The Morgan fingerprint density at radius 2 is 2.32 bits per heavy atom. The van der Waals surface area contributed by atoms with Crippen LogP contribution in [0.25, 0.3) is 0 Å². The van der Waals surface area contributed by atoms with E-state index < -0.39 is 0 Å². The second-order valence-corrected chi connectivity index (χ2v) is 5.12. The average molecular weight is 263 g/mol. The van der Waals surface area contributed by atoms with E-state index in [1.165, 1.54) is 0 Å². The molecule has 0 aromatic heterocycles. The molecule has 104 valence electrons. The van der Waals surface area contributed by atoms with Crippen molar-refractivity contribution in [3.8, 4) is 5.75 Å². The van der Waals surface area contributed by atoms with E-state index in [0.717, 1.165) is 36.3 Å². The molecule has 4 nitrogen and oxygen atoms in total. The van der Waals surface area contributed by atoms with Gasteiger partial charge in [0, 0.05) is 25.3 Å². The largest absolute Gasteiger partial charge is 0.497 e. The lowest BCUT2D eigenvalue weighted by atomic mass is 9.97. The maximum Gasteiger partial charge on any atom is 0.254 e. The lowest BCUT2D eigenvalue weighted by molar-refractivity contribution is 0.0620. The molecule has 1 aromatic carbocycles. The highest BCUT2D eigenvalue weighted by Crippen LogP contribution is 2.22. The number of ether oxygens (including phenoxy) is 1. The van der Waals surface area contributed by atoms with Crippen molar-refractivity contribution in [3.05, 3.63) is 29.3 Å². The van der Waals surface area contributed by atoms with Crippen LogP contribution in [0.4, 0.5) is 0 Å². The van der Waals surface area contributed by atoms with Crippen molar-refractivity contribution in [2.45, 2.75) is 19.8 Å². The molecule has 0 bridgehead atoms. The smallest absolute Gasteiger partial charge is 0.254 e. The zero-order chi connectivity index (χ0) is 13.8.